The molecule has 2 heterocycles. The lowest BCUT2D eigenvalue weighted by Crippen LogP contribution is -2.03. The van der Waals surface area contributed by atoms with Crippen molar-refractivity contribution in [3.8, 4) is 0 Å². The van der Waals surface area contributed by atoms with Crippen LogP contribution in [0.5, 0.6) is 0 Å². The number of nitrogens with zero attached hydrogens (tertiary/aromatic N) is 2. The first-order valence-electron chi connectivity index (χ1n) is 11.2. The van der Waals surface area contributed by atoms with Gasteiger partial charge in [-0.1, -0.05) is 66.2 Å². The summed E-state index contributed by atoms with van der Waals surface area (Å²) in [7, 11) is 0. The molecule has 0 spiro atoms. The molecule has 0 saturated carbocycles. The number of pyridine rings is 1. The lowest BCUT2D eigenvalue weighted by Gasteiger charge is -2.10. The van der Waals surface area contributed by atoms with Crippen molar-refractivity contribution in [1.29, 1.82) is 0 Å². The van der Waals surface area contributed by atoms with E-state index in [1.165, 1.54) is 5.56 Å². The highest BCUT2D eigenvalue weighted by molar-refractivity contribution is 6.31. The summed E-state index contributed by atoms with van der Waals surface area (Å²) in [5.41, 5.74) is 6.17. The monoisotopic (exact) mass is 466 g/mol. The molecule has 5 aromatic rings. The van der Waals surface area contributed by atoms with Crippen LogP contribution in [0.25, 0.3) is 34.0 Å². The highest BCUT2D eigenvalue weighted by atomic mass is 35.5. The van der Waals surface area contributed by atoms with Crippen molar-refractivity contribution in [3.05, 3.63) is 112 Å². The van der Waals surface area contributed by atoms with E-state index in [4.69, 9.17) is 21.7 Å². The van der Waals surface area contributed by atoms with Crippen molar-refractivity contribution >= 4 is 51.5 Å². The van der Waals surface area contributed by atoms with Gasteiger partial charge < -0.3 is 9.67 Å². The van der Waals surface area contributed by atoms with Crippen molar-refractivity contribution in [2.24, 2.45) is 0 Å². The standard InChI is InChI=1S/C29H23ClN2O2/c30-25-11-8-22-9-13-26(31-27(22)18-25)12-7-20-3-1-4-21(17-20)19-32-16-15-24-6-2-5-23(29(24)32)10-14-28(33)34/h1-9,11-13,15-18H,10,14,19H2,(H,33,34)/b12-7+. The molecule has 168 valence electrons. The maximum Gasteiger partial charge on any atom is 0.303 e. The molecule has 4 nitrogen and oxygen atoms in total. The minimum Gasteiger partial charge on any atom is -0.481 e. The Bertz CT molecular complexity index is 1530. The van der Waals surface area contributed by atoms with E-state index in [0.717, 1.165) is 38.6 Å². The highest BCUT2D eigenvalue weighted by Gasteiger charge is 2.09. The molecule has 34 heavy (non-hydrogen) atoms. The minimum absolute atomic E-state index is 0.125. The Labute approximate surface area is 202 Å². The largest absolute Gasteiger partial charge is 0.481 e. The van der Waals surface area contributed by atoms with E-state index in [9.17, 15) is 4.79 Å². The van der Waals surface area contributed by atoms with Gasteiger partial charge >= 0.3 is 5.97 Å². The molecule has 0 bridgehead atoms. The number of hydrogen-bond acceptors (Lipinski definition) is 2. The Kier molecular flexibility index (Phi) is 6.15. The molecule has 5 rings (SSSR count). The first-order valence-corrected chi connectivity index (χ1v) is 11.5. The highest BCUT2D eigenvalue weighted by Crippen LogP contribution is 2.24. The van der Waals surface area contributed by atoms with Gasteiger partial charge in [-0.3, -0.25) is 4.79 Å². The summed E-state index contributed by atoms with van der Waals surface area (Å²) >= 11 is 6.11. The van der Waals surface area contributed by atoms with Crippen LogP contribution in [0.15, 0.2) is 85.1 Å². The van der Waals surface area contributed by atoms with E-state index in [1.807, 2.05) is 48.5 Å². The van der Waals surface area contributed by atoms with Crippen molar-refractivity contribution in [1.82, 2.24) is 9.55 Å². The lowest BCUT2D eigenvalue weighted by molar-refractivity contribution is -0.136. The van der Waals surface area contributed by atoms with Crippen LogP contribution in [0.4, 0.5) is 0 Å². The number of carboxylic acids is 1. The third kappa shape index (κ3) is 4.87. The normalized spacial score (nSPS) is 11.6. The van der Waals surface area contributed by atoms with Gasteiger partial charge in [-0.05, 0) is 64.9 Å². The average Bonchev–Trinajstić information content (AvgIpc) is 3.24. The number of halogens is 1. The molecule has 0 saturated heterocycles. The van der Waals surface area contributed by atoms with Gasteiger partial charge in [0.1, 0.15) is 0 Å². The molecule has 0 aliphatic rings. The summed E-state index contributed by atoms with van der Waals surface area (Å²) in [5.74, 6) is -0.779. The molecule has 3 aromatic carbocycles. The van der Waals surface area contributed by atoms with Gasteiger partial charge in [0.2, 0.25) is 0 Å². The smallest absolute Gasteiger partial charge is 0.303 e. The molecule has 0 radical (unpaired) electrons. The van der Waals surface area contributed by atoms with Crippen LogP contribution in [-0.4, -0.2) is 20.6 Å². The summed E-state index contributed by atoms with van der Waals surface area (Å²) < 4.78 is 2.20. The van der Waals surface area contributed by atoms with E-state index in [1.54, 1.807) is 0 Å². The van der Waals surface area contributed by atoms with Crippen LogP contribution >= 0.6 is 11.6 Å². The van der Waals surface area contributed by atoms with Crippen LogP contribution in [0.2, 0.25) is 5.02 Å². The molecule has 0 unspecified atom stereocenters. The molecular weight excluding hydrogens is 444 g/mol. The average molecular weight is 467 g/mol. The number of fused-ring (bicyclic) bond motifs is 2. The van der Waals surface area contributed by atoms with E-state index in [-0.39, 0.29) is 6.42 Å². The Morgan fingerprint density at radius 3 is 2.68 bits per heavy atom. The summed E-state index contributed by atoms with van der Waals surface area (Å²) in [6.45, 7) is 0.710. The molecule has 0 atom stereocenters. The zero-order chi connectivity index (χ0) is 23.5. The Morgan fingerprint density at radius 1 is 0.941 bits per heavy atom. The SMILES string of the molecule is O=C(O)CCc1cccc2ccn(Cc3cccc(/C=C/c4ccc5ccc(Cl)cc5n4)c3)c12. The number of para-hydroxylation sites is 1. The maximum atomic E-state index is 11.1. The Balaban J connectivity index is 1.39. The lowest BCUT2D eigenvalue weighted by atomic mass is 10.1. The van der Waals surface area contributed by atoms with E-state index < -0.39 is 5.97 Å². The number of aromatic nitrogens is 2. The number of aryl methyl sites for hydroxylation is 1. The summed E-state index contributed by atoms with van der Waals surface area (Å²) in [5, 5.41) is 12.0. The molecule has 0 aliphatic heterocycles. The van der Waals surface area contributed by atoms with Gasteiger partial charge in [-0.25, -0.2) is 4.98 Å². The second-order valence-electron chi connectivity index (χ2n) is 8.34. The van der Waals surface area contributed by atoms with Crippen molar-refractivity contribution in [2.75, 3.05) is 0 Å². The van der Waals surface area contributed by atoms with Gasteiger partial charge in [-0.15, -0.1) is 0 Å². The van der Waals surface area contributed by atoms with Crippen LogP contribution < -0.4 is 0 Å². The molecule has 5 heteroatoms. The number of rotatable bonds is 7. The zero-order valence-corrected chi connectivity index (χ0v) is 19.2. The predicted molar refractivity (Wildman–Crippen MR) is 139 cm³/mol. The van der Waals surface area contributed by atoms with Gasteiger partial charge in [0, 0.05) is 29.6 Å². The van der Waals surface area contributed by atoms with Crippen LogP contribution in [0.1, 0.15) is 28.8 Å². The summed E-state index contributed by atoms with van der Waals surface area (Å²) in [6.07, 6.45) is 6.79. The number of benzene rings is 3. The number of hydrogen-bond donors (Lipinski definition) is 1. The topological polar surface area (TPSA) is 55.1 Å². The first kappa shape index (κ1) is 21.9. The predicted octanol–water partition coefficient (Wildman–Crippen LogP) is 7.08. The summed E-state index contributed by atoms with van der Waals surface area (Å²) in [4.78, 5) is 15.8. The zero-order valence-electron chi connectivity index (χ0n) is 18.5. The second kappa shape index (κ2) is 9.54. The molecular formula is C29H23ClN2O2. The minimum atomic E-state index is -0.779. The molecule has 0 fully saturated rings. The van der Waals surface area contributed by atoms with Gasteiger partial charge in [-0.2, -0.15) is 0 Å². The van der Waals surface area contributed by atoms with Crippen molar-refractivity contribution < 1.29 is 9.90 Å². The fraction of sp³-hybridized carbons (Fsp3) is 0.103. The molecule has 0 amide bonds. The molecule has 1 N–H and O–H groups in total. The Hall–Kier alpha value is -3.89. The van der Waals surface area contributed by atoms with E-state index in [0.29, 0.717) is 18.0 Å². The van der Waals surface area contributed by atoms with Crippen molar-refractivity contribution in [2.45, 2.75) is 19.4 Å². The van der Waals surface area contributed by atoms with Gasteiger partial charge in [0.15, 0.2) is 0 Å². The third-order valence-corrected chi connectivity index (χ3v) is 6.14. The quantitative estimate of drug-likeness (QED) is 0.279. The van der Waals surface area contributed by atoms with Crippen LogP contribution in [0.3, 0.4) is 0 Å². The fourth-order valence-electron chi connectivity index (χ4n) is 4.29. The number of aliphatic carboxylic acids is 1. The third-order valence-electron chi connectivity index (χ3n) is 5.91. The number of carbonyl (C=O) groups is 1. The maximum absolute atomic E-state index is 11.1. The summed E-state index contributed by atoms with van der Waals surface area (Å²) in [6, 6.07) is 26.3. The van der Waals surface area contributed by atoms with Gasteiger partial charge in [0.05, 0.1) is 16.7 Å². The van der Waals surface area contributed by atoms with E-state index >= 15 is 0 Å². The first-order chi connectivity index (χ1) is 16.5. The van der Waals surface area contributed by atoms with Crippen LogP contribution in [0, 0.1) is 0 Å². The fourth-order valence-corrected chi connectivity index (χ4v) is 4.45. The number of carboxylic acid groups (broad SMARTS) is 1. The Morgan fingerprint density at radius 2 is 1.79 bits per heavy atom. The van der Waals surface area contributed by atoms with Crippen LogP contribution in [-0.2, 0) is 17.8 Å². The molecule has 2 aromatic heterocycles. The second-order valence-corrected chi connectivity index (χ2v) is 8.78. The van der Waals surface area contributed by atoms with Crippen molar-refractivity contribution in [3.63, 3.8) is 0 Å². The van der Waals surface area contributed by atoms with E-state index in [2.05, 4.69) is 53.2 Å². The molecule has 0 aliphatic carbocycles. The van der Waals surface area contributed by atoms with Gasteiger partial charge in [0.25, 0.3) is 0 Å².